The van der Waals surface area contributed by atoms with Crippen molar-refractivity contribution in [1.29, 1.82) is 0 Å². The van der Waals surface area contributed by atoms with Gasteiger partial charge in [0.2, 0.25) is 11.8 Å². The van der Waals surface area contributed by atoms with Gasteiger partial charge in [0.25, 0.3) is 0 Å². The lowest BCUT2D eigenvalue weighted by atomic mass is 9.81. The van der Waals surface area contributed by atoms with Crippen molar-refractivity contribution in [3.63, 3.8) is 0 Å². The van der Waals surface area contributed by atoms with E-state index in [2.05, 4.69) is 32.7 Å². The van der Waals surface area contributed by atoms with E-state index in [0.717, 1.165) is 22.9 Å². The van der Waals surface area contributed by atoms with Gasteiger partial charge in [-0.05, 0) is 55.1 Å². The molecule has 8 nitrogen and oxygen atoms in total. The second kappa shape index (κ2) is 13.2. The van der Waals surface area contributed by atoms with Gasteiger partial charge in [-0.3, -0.25) is 14.5 Å². The topological polar surface area (TPSA) is 106 Å². The van der Waals surface area contributed by atoms with Gasteiger partial charge in [-0.15, -0.1) is 0 Å². The number of aromatic nitrogens is 1. The molecule has 9 heteroatoms. The third kappa shape index (κ3) is 6.21. The van der Waals surface area contributed by atoms with Crippen molar-refractivity contribution < 1.29 is 14.0 Å². The Bertz CT molecular complexity index is 1400. The van der Waals surface area contributed by atoms with Gasteiger partial charge in [0.1, 0.15) is 11.9 Å². The summed E-state index contributed by atoms with van der Waals surface area (Å²) in [4.78, 5) is 35.2. The maximum atomic E-state index is 14.5. The number of nitrogens with two attached hydrogens (primary N) is 1. The van der Waals surface area contributed by atoms with Crippen LogP contribution in [0.25, 0.3) is 10.9 Å². The normalized spacial score (nSPS) is 23.4. The summed E-state index contributed by atoms with van der Waals surface area (Å²) in [6, 6.07) is 13.8. The number of benzene rings is 2. The zero-order valence-corrected chi connectivity index (χ0v) is 26.7. The molecule has 2 aliphatic heterocycles. The monoisotopic (exact) mass is 592 g/mol. The summed E-state index contributed by atoms with van der Waals surface area (Å²) in [6.07, 6.45) is 2.69. The molecule has 234 valence electrons. The first-order valence-electron chi connectivity index (χ1n) is 15.5. The van der Waals surface area contributed by atoms with Gasteiger partial charge in [0.05, 0.1) is 17.6 Å². The number of hydrogen-bond donors (Lipinski definition) is 4. The molecule has 2 saturated heterocycles. The van der Waals surface area contributed by atoms with Gasteiger partial charge in [-0.2, -0.15) is 0 Å². The summed E-state index contributed by atoms with van der Waals surface area (Å²) < 4.78 is 14.1. The largest absolute Gasteiger partial charge is 0.361 e. The number of nitrogens with zero attached hydrogens (tertiary/aromatic N) is 2. The Kier molecular flexibility index (Phi) is 9.99. The van der Waals surface area contributed by atoms with E-state index in [1.807, 2.05) is 70.0 Å². The molecular weight excluding hydrogens is 543 g/mol. The van der Waals surface area contributed by atoms with E-state index in [9.17, 15) is 14.0 Å². The highest BCUT2D eigenvalue weighted by Crippen LogP contribution is 2.50. The van der Waals surface area contributed by atoms with Gasteiger partial charge < -0.3 is 26.3 Å². The average Bonchev–Trinajstić information content (AvgIpc) is 3.68. The Morgan fingerprint density at radius 1 is 1.16 bits per heavy atom. The molecule has 0 aliphatic carbocycles. The number of likely N-dealkylation sites (tertiary alicyclic amines) is 2. The molecule has 2 aliphatic rings. The predicted molar refractivity (Wildman–Crippen MR) is 171 cm³/mol. The molecule has 1 aromatic heterocycles. The van der Waals surface area contributed by atoms with Crippen molar-refractivity contribution in [2.24, 2.45) is 11.1 Å². The first kappa shape index (κ1) is 32.6. The van der Waals surface area contributed by atoms with Crippen LogP contribution in [0.15, 0.2) is 54.7 Å². The predicted octanol–water partition coefficient (Wildman–Crippen LogP) is 4.37. The number of hydrogen-bond acceptors (Lipinski definition) is 5. The Morgan fingerprint density at radius 2 is 1.86 bits per heavy atom. The molecule has 2 fully saturated rings. The number of carbonyl (C=O) groups is 2. The first-order valence-corrected chi connectivity index (χ1v) is 15.5. The van der Waals surface area contributed by atoms with Crippen molar-refractivity contribution in [3.05, 3.63) is 71.7 Å². The molecule has 5 rings (SSSR count). The molecule has 5 N–H and O–H groups in total. The quantitative estimate of drug-likeness (QED) is 0.311. The minimum Gasteiger partial charge on any atom is -0.361 e. The summed E-state index contributed by atoms with van der Waals surface area (Å²) in [5.74, 6) is -0.652. The summed E-state index contributed by atoms with van der Waals surface area (Å²) in [7, 11) is 1.73. The Balaban J connectivity index is 0.00000207. The van der Waals surface area contributed by atoms with Crippen molar-refractivity contribution >= 4 is 22.7 Å². The van der Waals surface area contributed by atoms with Gasteiger partial charge in [0, 0.05) is 49.2 Å². The van der Waals surface area contributed by atoms with Crippen LogP contribution in [0.3, 0.4) is 0 Å². The van der Waals surface area contributed by atoms with Crippen LogP contribution in [0, 0.1) is 11.2 Å². The molecule has 0 spiro atoms. The lowest BCUT2D eigenvalue weighted by molar-refractivity contribution is -0.141. The van der Waals surface area contributed by atoms with Crippen LogP contribution in [0.1, 0.15) is 65.0 Å². The number of likely N-dealkylation sites (N-methyl/N-ethyl adjacent to an activating group) is 1. The number of H-pyrrole nitrogens is 1. The summed E-state index contributed by atoms with van der Waals surface area (Å²) in [5, 5.41) is 6.96. The molecule has 0 bridgehead atoms. The highest BCUT2D eigenvalue weighted by Gasteiger charge is 2.61. The van der Waals surface area contributed by atoms with E-state index < -0.39 is 23.0 Å². The van der Waals surface area contributed by atoms with Crippen molar-refractivity contribution in [1.82, 2.24) is 25.4 Å². The average molecular weight is 593 g/mol. The molecule has 2 unspecified atom stereocenters. The van der Waals surface area contributed by atoms with E-state index in [4.69, 9.17) is 5.73 Å². The fraction of sp³-hybridized carbons (Fsp3) is 0.529. The van der Waals surface area contributed by atoms with E-state index >= 15 is 0 Å². The van der Waals surface area contributed by atoms with E-state index in [1.54, 1.807) is 14.0 Å². The Labute approximate surface area is 255 Å². The zero-order valence-electron chi connectivity index (χ0n) is 26.7. The Morgan fingerprint density at radius 3 is 2.49 bits per heavy atom. The maximum Gasteiger partial charge on any atom is 0.246 e. The number of nitrogens with one attached hydrogen (secondary N) is 3. The molecule has 3 aromatic rings. The third-order valence-electron chi connectivity index (χ3n) is 9.25. The minimum atomic E-state index is -0.708. The first-order chi connectivity index (χ1) is 20.5. The summed E-state index contributed by atoms with van der Waals surface area (Å²) in [6.45, 7) is 14.1. The molecule has 3 heterocycles. The smallest absolute Gasteiger partial charge is 0.246 e. The number of fused-ring (bicyclic) bond motifs is 2. The fourth-order valence-corrected chi connectivity index (χ4v) is 6.88. The molecule has 43 heavy (non-hydrogen) atoms. The number of halogens is 1. The van der Waals surface area contributed by atoms with Crippen molar-refractivity contribution in [2.75, 3.05) is 26.7 Å². The number of aromatic amines is 1. The second-order valence-corrected chi connectivity index (χ2v) is 12.8. The zero-order chi connectivity index (χ0) is 31.5. The van der Waals surface area contributed by atoms with Gasteiger partial charge in [0.15, 0.2) is 0 Å². The van der Waals surface area contributed by atoms with Crippen LogP contribution in [-0.2, 0) is 16.1 Å². The lowest BCUT2D eigenvalue weighted by Crippen LogP contribution is -2.61. The molecule has 2 aromatic carbocycles. The molecular formula is C34H49FN6O2. The summed E-state index contributed by atoms with van der Waals surface area (Å²) >= 11 is 0. The highest BCUT2D eigenvalue weighted by molar-refractivity contribution is 5.91. The number of amides is 2. The highest BCUT2D eigenvalue weighted by atomic mass is 19.1. The standard InChI is InChI=1S/C32H43FN6O2.C2H6/c1-20(35-5)29(40)37-27(31(2,3)4)30(41)39-14-13-32(19-34)28(39)25(18-38(32)17-21-9-7-6-8-10-21)24-16-36-26-15-22(33)11-12-23(24)26;1-2/h6-12,15-16,20,25,27-28,35-36H,13-14,17-19,34H2,1-5H3,(H,37,40);1-2H3/t20-,25+,27?,28?,32-;/m0./s1. The maximum absolute atomic E-state index is 14.5. The van der Waals surface area contributed by atoms with Crippen molar-refractivity contribution in [2.45, 2.75) is 84.1 Å². The molecule has 5 atom stereocenters. The van der Waals surface area contributed by atoms with Crippen molar-refractivity contribution in [3.8, 4) is 0 Å². The van der Waals surface area contributed by atoms with Crippen LogP contribution in [0.4, 0.5) is 4.39 Å². The minimum absolute atomic E-state index is 0.0551. The fourth-order valence-electron chi connectivity index (χ4n) is 6.88. The van der Waals surface area contributed by atoms with Crippen LogP contribution in [-0.4, -0.2) is 76.9 Å². The number of carbonyl (C=O) groups excluding carboxylic acids is 2. The molecule has 2 amide bonds. The van der Waals surface area contributed by atoms with E-state index in [1.165, 1.54) is 17.7 Å². The summed E-state index contributed by atoms with van der Waals surface area (Å²) in [5.41, 5.74) is 8.67. The van der Waals surface area contributed by atoms with Crippen LogP contribution >= 0.6 is 0 Å². The van der Waals surface area contributed by atoms with E-state index in [0.29, 0.717) is 26.2 Å². The van der Waals surface area contributed by atoms with Crippen LogP contribution < -0.4 is 16.4 Å². The molecule has 0 saturated carbocycles. The van der Waals surface area contributed by atoms with Gasteiger partial charge >= 0.3 is 0 Å². The van der Waals surface area contributed by atoms with E-state index in [-0.39, 0.29) is 29.6 Å². The SMILES string of the molecule is CC.CN[C@@H](C)C(=O)NC(C(=O)N1CC[C@]2(CN)C1[C@@H](c1c[nH]c3cc(F)ccc13)CN2Cc1ccccc1)C(C)(C)C. The third-order valence-corrected chi connectivity index (χ3v) is 9.25. The van der Waals surface area contributed by atoms with Gasteiger partial charge in [-0.1, -0.05) is 65.0 Å². The van der Waals surface area contributed by atoms with Gasteiger partial charge in [-0.25, -0.2) is 4.39 Å². The number of rotatable bonds is 8. The Hall–Kier alpha value is -3.27. The molecule has 0 radical (unpaired) electrons. The van der Waals surface area contributed by atoms with Crippen LogP contribution in [0.2, 0.25) is 0 Å². The van der Waals surface area contributed by atoms with Crippen LogP contribution in [0.5, 0.6) is 0 Å². The second-order valence-electron chi connectivity index (χ2n) is 12.8. The lowest BCUT2D eigenvalue weighted by Gasteiger charge is -2.41.